The van der Waals surface area contributed by atoms with Crippen LogP contribution in [0.15, 0.2) is 52.0 Å². The minimum absolute atomic E-state index is 0.0654. The van der Waals surface area contributed by atoms with Gasteiger partial charge in [-0.05, 0) is 36.1 Å². The number of non-ortho nitro benzene ring substituents is 1. The number of hydrogen-bond donors (Lipinski definition) is 1. The zero-order chi connectivity index (χ0) is 16.8. The Bertz CT molecular complexity index is 987. The van der Waals surface area contributed by atoms with Gasteiger partial charge < -0.3 is 9.77 Å². The fraction of sp³-hybridized carbons (Fsp3) is 0.0625. The summed E-state index contributed by atoms with van der Waals surface area (Å²) in [6.07, 6.45) is 3.92. The van der Waals surface area contributed by atoms with E-state index >= 15 is 0 Å². The Balaban J connectivity index is 1.97. The molecule has 0 saturated carbocycles. The Kier molecular flexibility index (Phi) is 3.43. The number of thiophene rings is 1. The van der Waals surface area contributed by atoms with Crippen molar-refractivity contribution in [2.45, 2.75) is 4.21 Å². The van der Waals surface area contributed by atoms with Crippen molar-refractivity contribution in [2.24, 2.45) is 5.16 Å². The number of fused-ring (bicyclic) bond motifs is 3. The van der Waals surface area contributed by atoms with E-state index in [2.05, 4.69) is 5.16 Å². The molecule has 0 atom stereocenters. The molecule has 1 N–H and O–H groups in total. The topological polar surface area (TPSA) is 80.7 Å². The second-order valence-corrected chi connectivity index (χ2v) is 7.26. The van der Waals surface area contributed by atoms with Crippen molar-refractivity contribution in [3.63, 3.8) is 0 Å². The predicted molar refractivity (Wildman–Crippen MR) is 94.9 cm³/mol. The van der Waals surface area contributed by atoms with E-state index in [1.165, 1.54) is 12.1 Å². The quantitative estimate of drug-likeness (QED) is 0.255. The Morgan fingerprint density at radius 3 is 2.67 bits per heavy atom. The molecule has 0 unspecified atom stereocenters. The predicted octanol–water partition coefficient (Wildman–Crippen LogP) is 4.38. The van der Waals surface area contributed by atoms with Crippen LogP contribution in [0.25, 0.3) is 16.8 Å². The maximum atomic E-state index is 10.9. The average Bonchev–Trinajstić information content (AvgIpc) is 3.25. The summed E-state index contributed by atoms with van der Waals surface area (Å²) in [5, 5.41) is 23.8. The molecule has 0 aliphatic carbocycles. The number of thioether (sulfide) groups is 1. The zero-order valence-corrected chi connectivity index (χ0v) is 14.1. The van der Waals surface area contributed by atoms with Crippen LogP contribution in [0.1, 0.15) is 10.6 Å². The number of nitrogens with zero attached hydrogens (tertiary/aromatic N) is 3. The molecule has 0 bridgehead atoms. The van der Waals surface area contributed by atoms with E-state index in [1.807, 2.05) is 29.2 Å². The van der Waals surface area contributed by atoms with E-state index in [1.54, 1.807) is 35.2 Å². The molecule has 0 amide bonds. The third-order valence-corrected chi connectivity index (χ3v) is 6.26. The van der Waals surface area contributed by atoms with Crippen molar-refractivity contribution in [1.82, 2.24) is 4.57 Å². The Hall–Kier alpha value is -2.58. The zero-order valence-electron chi connectivity index (χ0n) is 12.5. The SMILES string of the molecule is CSc1sc2c(c1-c1ccc([N+](=O)[O-])cc1)-n1cccc1/C2=N/O. The number of rotatable bonds is 3. The first-order chi connectivity index (χ1) is 11.7. The molecule has 24 heavy (non-hydrogen) atoms. The van der Waals surface area contributed by atoms with Gasteiger partial charge in [-0.25, -0.2) is 0 Å². The molecule has 0 spiro atoms. The van der Waals surface area contributed by atoms with E-state index < -0.39 is 4.92 Å². The van der Waals surface area contributed by atoms with Gasteiger partial charge in [-0.15, -0.1) is 23.1 Å². The molecule has 8 heteroatoms. The lowest BCUT2D eigenvalue weighted by Gasteiger charge is -2.07. The number of oxime groups is 1. The van der Waals surface area contributed by atoms with Gasteiger partial charge in [0.25, 0.3) is 5.69 Å². The summed E-state index contributed by atoms with van der Waals surface area (Å²) in [6, 6.07) is 10.3. The normalized spacial score (nSPS) is 14.0. The first-order valence-corrected chi connectivity index (χ1v) is 9.06. The van der Waals surface area contributed by atoms with Crippen LogP contribution in [-0.2, 0) is 0 Å². The van der Waals surface area contributed by atoms with E-state index in [0.29, 0.717) is 5.71 Å². The molecular weight excluding hydrogens is 346 g/mol. The highest BCUT2D eigenvalue weighted by Gasteiger charge is 2.32. The lowest BCUT2D eigenvalue weighted by molar-refractivity contribution is -0.384. The molecule has 2 aromatic heterocycles. The minimum atomic E-state index is -0.405. The molecule has 3 heterocycles. The number of hydrogen-bond acceptors (Lipinski definition) is 6. The first kappa shape index (κ1) is 15.0. The van der Waals surface area contributed by atoms with Crippen LogP contribution in [-0.4, -0.2) is 26.7 Å². The van der Waals surface area contributed by atoms with Gasteiger partial charge in [-0.3, -0.25) is 10.1 Å². The van der Waals surface area contributed by atoms with Gasteiger partial charge in [0.2, 0.25) is 0 Å². The monoisotopic (exact) mass is 357 g/mol. The number of benzene rings is 1. The van der Waals surface area contributed by atoms with Crippen LogP contribution in [0.5, 0.6) is 0 Å². The number of nitro groups is 1. The van der Waals surface area contributed by atoms with Gasteiger partial charge in [-0.1, -0.05) is 5.16 Å². The minimum Gasteiger partial charge on any atom is -0.410 e. The van der Waals surface area contributed by atoms with Crippen LogP contribution < -0.4 is 0 Å². The smallest absolute Gasteiger partial charge is 0.269 e. The van der Waals surface area contributed by atoms with Crippen molar-refractivity contribution in [2.75, 3.05) is 6.26 Å². The maximum absolute atomic E-state index is 10.9. The maximum Gasteiger partial charge on any atom is 0.269 e. The van der Waals surface area contributed by atoms with Gasteiger partial charge in [0.15, 0.2) is 0 Å². The van der Waals surface area contributed by atoms with Crippen molar-refractivity contribution in [3.8, 4) is 16.8 Å². The van der Waals surface area contributed by atoms with E-state index in [-0.39, 0.29) is 5.69 Å². The lowest BCUT2D eigenvalue weighted by Crippen LogP contribution is -1.97. The summed E-state index contributed by atoms with van der Waals surface area (Å²) in [5.41, 5.74) is 4.34. The average molecular weight is 357 g/mol. The molecule has 1 aliphatic rings. The van der Waals surface area contributed by atoms with Gasteiger partial charge in [-0.2, -0.15) is 0 Å². The summed E-state index contributed by atoms with van der Waals surface area (Å²) in [6.45, 7) is 0. The van der Waals surface area contributed by atoms with Gasteiger partial charge >= 0.3 is 0 Å². The Labute approximate surface area is 145 Å². The number of aromatic nitrogens is 1. The highest BCUT2D eigenvalue weighted by molar-refractivity contribution is 8.00. The summed E-state index contributed by atoms with van der Waals surface area (Å²) in [4.78, 5) is 11.4. The van der Waals surface area contributed by atoms with Gasteiger partial charge in [0.1, 0.15) is 5.71 Å². The summed E-state index contributed by atoms with van der Waals surface area (Å²) in [7, 11) is 0. The fourth-order valence-corrected chi connectivity index (χ4v) is 4.97. The van der Waals surface area contributed by atoms with Crippen molar-refractivity contribution < 1.29 is 10.1 Å². The molecule has 1 aliphatic heterocycles. The van der Waals surface area contributed by atoms with Crippen LogP contribution in [0, 0.1) is 10.1 Å². The van der Waals surface area contributed by atoms with Crippen LogP contribution >= 0.6 is 23.1 Å². The molecule has 6 nitrogen and oxygen atoms in total. The highest BCUT2D eigenvalue weighted by atomic mass is 32.2. The van der Waals surface area contributed by atoms with E-state index in [0.717, 1.165) is 31.6 Å². The molecule has 0 fully saturated rings. The third-order valence-electron chi connectivity index (χ3n) is 3.95. The van der Waals surface area contributed by atoms with Crippen LogP contribution in [0.2, 0.25) is 0 Å². The van der Waals surface area contributed by atoms with E-state index in [4.69, 9.17) is 0 Å². The van der Waals surface area contributed by atoms with Crippen molar-refractivity contribution >= 4 is 34.5 Å². The molecule has 1 aromatic carbocycles. The van der Waals surface area contributed by atoms with Gasteiger partial charge in [0, 0.05) is 23.9 Å². The summed E-state index contributed by atoms with van der Waals surface area (Å²) in [5.74, 6) is 0. The fourth-order valence-electron chi connectivity index (χ4n) is 2.92. The summed E-state index contributed by atoms with van der Waals surface area (Å²) >= 11 is 3.17. The number of nitro benzene ring substituents is 1. The molecule has 0 radical (unpaired) electrons. The Morgan fingerprint density at radius 1 is 1.29 bits per heavy atom. The molecule has 120 valence electrons. The molecule has 4 rings (SSSR count). The van der Waals surface area contributed by atoms with Crippen LogP contribution in [0.4, 0.5) is 5.69 Å². The highest BCUT2D eigenvalue weighted by Crippen LogP contribution is 2.48. The first-order valence-electron chi connectivity index (χ1n) is 7.02. The van der Waals surface area contributed by atoms with Crippen molar-refractivity contribution in [3.05, 3.63) is 63.3 Å². The third kappa shape index (κ3) is 2.00. The van der Waals surface area contributed by atoms with Crippen molar-refractivity contribution in [1.29, 1.82) is 0 Å². The second kappa shape index (κ2) is 5.50. The largest absolute Gasteiger partial charge is 0.410 e. The van der Waals surface area contributed by atoms with Crippen LogP contribution in [0.3, 0.4) is 0 Å². The summed E-state index contributed by atoms with van der Waals surface area (Å²) < 4.78 is 3.08. The molecular formula is C16H11N3O3S2. The van der Waals surface area contributed by atoms with E-state index in [9.17, 15) is 15.3 Å². The molecule has 3 aromatic rings. The van der Waals surface area contributed by atoms with Gasteiger partial charge in [0.05, 0.1) is 25.4 Å². The Morgan fingerprint density at radius 2 is 2.04 bits per heavy atom. The lowest BCUT2D eigenvalue weighted by atomic mass is 10.1. The molecule has 0 saturated heterocycles. The standard InChI is InChI=1S/C16H11N3O3S2/c1-23-16-12(9-4-6-10(7-5-9)19(21)22)14-15(24-16)13(17-20)11-3-2-8-18(11)14/h2-8,20H,1H3/b17-13-. The second-order valence-electron chi connectivity index (χ2n) is 5.16.